The molecule has 1 N–H and O–H groups in total. The van der Waals surface area contributed by atoms with Crippen LogP contribution in [0.4, 0.5) is 0 Å². The molecule has 0 aromatic heterocycles. The minimum Gasteiger partial charge on any atom is -0.392 e. The third kappa shape index (κ3) is 2.41. The first kappa shape index (κ1) is 8.83. The second-order valence-electron chi connectivity index (χ2n) is 2.68. The SMILES string of the molecule is C#CCCc1ccc(CO)cc1. The second-order valence-corrected chi connectivity index (χ2v) is 2.68. The van der Waals surface area contributed by atoms with E-state index < -0.39 is 0 Å². The van der Waals surface area contributed by atoms with Crippen molar-refractivity contribution in [2.45, 2.75) is 19.4 Å². The number of hydrogen-bond donors (Lipinski definition) is 1. The predicted octanol–water partition coefficient (Wildman–Crippen LogP) is 1.74. The largest absolute Gasteiger partial charge is 0.392 e. The molecule has 1 aromatic carbocycles. The average molecular weight is 160 g/mol. The lowest BCUT2D eigenvalue weighted by molar-refractivity contribution is 0.282. The molecule has 0 aliphatic rings. The Morgan fingerprint density at radius 3 is 2.25 bits per heavy atom. The number of aliphatic hydroxyl groups excluding tert-OH is 1. The lowest BCUT2D eigenvalue weighted by atomic mass is 10.1. The molecule has 0 aliphatic heterocycles. The van der Waals surface area contributed by atoms with E-state index in [1.807, 2.05) is 24.3 Å². The van der Waals surface area contributed by atoms with E-state index in [1.165, 1.54) is 5.56 Å². The summed E-state index contributed by atoms with van der Waals surface area (Å²) in [7, 11) is 0. The van der Waals surface area contributed by atoms with Crippen LogP contribution in [0, 0.1) is 12.3 Å². The van der Waals surface area contributed by atoms with Crippen molar-refractivity contribution < 1.29 is 5.11 Å². The third-order valence-corrected chi connectivity index (χ3v) is 1.76. The van der Waals surface area contributed by atoms with E-state index in [0.717, 1.165) is 18.4 Å². The fourth-order valence-electron chi connectivity index (χ4n) is 1.03. The van der Waals surface area contributed by atoms with Crippen molar-refractivity contribution >= 4 is 0 Å². The highest BCUT2D eigenvalue weighted by Crippen LogP contribution is 2.05. The predicted molar refractivity (Wildman–Crippen MR) is 49.5 cm³/mol. The smallest absolute Gasteiger partial charge is 0.0681 e. The highest BCUT2D eigenvalue weighted by atomic mass is 16.3. The van der Waals surface area contributed by atoms with Gasteiger partial charge in [-0.05, 0) is 17.5 Å². The van der Waals surface area contributed by atoms with Crippen LogP contribution in [-0.2, 0) is 13.0 Å². The number of benzene rings is 1. The van der Waals surface area contributed by atoms with Crippen molar-refractivity contribution in [2.24, 2.45) is 0 Å². The molecule has 0 aliphatic carbocycles. The first-order valence-corrected chi connectivity index (χ1v) is 3.99. The van der Waals surface area contributed by atoms with Gasteiger partial charge in [-0.2, -0.15) is 0 Å². The van der Waals surface area contributed by atoms with Gasteiger partial charge in [0.05, 0.1) is 6.61 Å². The van der Waals surface area contributed by atoms with Crippen LogP contribution in [0.1, 0.15) is 17.5 Å². The topological polar surface area (TPSA) is 20.2 Å². The van der Waals surface area contributed by atoms with Gasteiger partial charge < -0.3 is 5.11 Å². The van der Waals surface area contributed by atoms with Crippen LogP contribution in [-0.4, -0.2) is 5.11 Å². The van der Waals surface area contributed by atoms with Gasteiger partial charge in [-0.15, -0.1) is 12.3 Å². The molecule has 0 unspecified atom stereocenters. The zero-order chi connectivity index (χ0) is 8.81. The number of terminal acetylenes is 1. The Balaban J connectivity index is 2.60. The van der Waals surface area contributed by atoms with Gasteiger partial charge >= 0.3 is 0 Å². The summed E-state index contributed by atoms with van der Waals surface area (Å²) >= 11 is 0. The summed E-state index contributed by atoms with van der Waals surface area (Å²) in [5, 5.41) is 8.77. The van der Waals surface area contributed by atoms with Gasteiger partial charge in [-0.25, -0.2) is 0 Å². The summed E-state index contributed by atoms with van der Waals surface area (Å²) in [5.74, 6) is 2.60. The standard InChI is InChI=1S/C11H12O/c1-2-3-4-10-5-7-11(9-12)8-6-10/h1,5-8,12H,3-4,9H2. The van der Waals surface area contributed by atoms with E-state index in [-0.39, 0.29) is 6.61 Å². The maximum atomic E-state index is 8.77. The lowest BCUT2D eigenvalue weighted by Gasteiger charge is -1.98. The lowest BCUT2D eigenvalue weighted by Crippen LogP contribution is -1.86. The molecule has 0 bridgehead atoms. The molecule has 12 heavy (non-hydrogen) atoms. The van der Waals surface area contributed by atoms with Crippen molar-refractivity contribution in [3.63, 3.8) is 0 Å². The minimum atomic E-state index is 0.107. The van der Waals surface area contributed by atoms with Gasteiger partial charge in [0, 0.05) is 6.42 Å². The first-order chi connectivity index (χ1) is 5.86. The normalized spacial score (nSPS) is 9.33. The van der Waals surface area contributed by atoms with Crippen LogP contribution in [0.3, 0.4) is 0 Å². The van der Waals surface area contributed by atoms with Gasteiger partial charge in [-0.3, -0.25) is 0 Å². The van der Waals surface area contributed by atoms with Crippen molar-refractivity contribution in [3.8, 4) is 12.3 Å². The molecular weight excluding hydrogens is 148 g/mol. The molecule has 0 radical (unpaired) electrons. The van der Waals surface area contributed by atoms with Crippen molar-refractivity contribution in [1.82, 2.24) is 0 Å². The highest BCUT2D eigenvalue weighted by Gasteiger charge is 1.91. The summed E-state index contributed by atoms with van der Waals surface area (Å²) in [5.41, 5.74) is 2.17. The zero-order valence-electron chi connectivity index (χ0n) is 6.96. The minimum absolute atomic E-state index is 0.107. The summed E-state index contributed by atoms with van der Waals surface area (Å²) in [6.45, 7) is 0.107. The molecule has 1 heteroatoms. The van der Waals surface area contributed by atoms with E-state index in [4.69, 9.17) is 11.5 Å². The number of aliphatic hydroxyl groups is 1. The molecule has 0 heterocycles. The Hall–Kier alpha value is -1.26. The fraction of sp³-hybridized carbons (Fsp3) is 0.273. The second kappa shape index (κ2) is 4.58. The quantitative estimate of drug-likeness (QED) is 0.668. The molecule has 62 valence electrons. The van der Waals surface area contributed by atoms with E-state index in [9.17, 15) is 0 Å². The van der Waals surface area contributed by atoms with Gasteiger partial charge in [0.1, 0.15) is 0 Å². The van der Waals surface area contributed by atoms with Crippen molar-refractivity contribution in [1.29, 1.82) is 0 Å². The van der Waals surface area contributed by atoms with Crippen LogP contribution in [0.2, 0.25) is 0 Å². The maximum Gasteiger partial charge on any atom is 0.0681 e. The Labute approximate surface area is 73.0 Å². The molecule has 0 amide bonds. The van der Waals surface area contributed by atoms with Crippen LogP contribution < -0.4 is 0 Å². The summed E-state index contributed by atoms with van der Waals surface area (Å²) in [6, 6.07) is 7.85. The Morgan fingerprint density at radius 1 is 1.17 bits per heavy atom. The zero-order valence-corrected chi connectivity index (χ0v) is 6.96. The maximum absolute atomic E-state index is 8.77. The van der Waals surface area contributed by atoms with E-state index in [0.29, 0.717) is 0 Å². The van der Waals surface area contributed by atoms with E-state index in [2.05, 4.69) is 5.92 Å². The van der Waals surface area contributed by atoms with Crippen LogP contribution in [0.5, 0.6) is 0 Å². The molecule has 0 fully saturated rings. The number of rotatable bonds is 3. The third-order valence-electron chi connectivity index (χ3n) is 1.76. The number of hydrogen-bond acceptors (Lipinski definition) is 1. The molecule has 1 rings (SSSR count). The first-order valence-electron chi connectivity index (χ1n) is 3.99. The van der Waals surface area contributed by atoms with Crippen LogP contribution >= 0.6 is 0 Å². The fourth-order valence-corrected chi connectivity index (χ4v) is 1.03. The Morgan fingerprint density at radius 2 is 1.75 bits per heavy atom. The molecular formula is C11H12O. The molecule has 0 saturated heterocycles. The molecule has 0 spiro atoms. The average Bonchev–Trinajstić information content (AvgIpc) is 2.15. The van der Waals surface area contributed by atoms with E-state index in [1.54, 1.807) is 0 Å². The Kier molecular flexibility index (Phi) is 3.37. The molecule has 1 nitrogen and oxygen atoms in total. The van der Waals surface area contributed by atoms with Gasteiger partial charge in [0.2, 0.25) is 0 Å². The highest BCUT2D eigenvalue weighted by molar-refractivity contribution is 5.22. The van der Waals surface area contributed by atoms with Crippen molar-refractivity contribution in [2.75, 3.05) is 0 Å². The van der Waals surface area contributed by atoms with Crippen LogP contribution in [0.25, 0.3) is 0 Å². The van der Waals surface area contributed by atoms with Gasteiger partial charge in [0.25, 0.3) is 0 Å². The van der Waals surface area contributed by atoms with Crippen LogP contribution in [0.15, 0.2) is 24.3 Å². The summed E-state index contributed by atoms with van der Waals surface area (Å²) in [4.78, 5) is 0. The Bertz CT molecular complexity index is 266. The molecule has 0 saturated carbocycles. The molecule has 0 atom stereocenters. The number of aryl methyl sites for hydroxylation is 1. The van der Waals surface area contributed by atoms with E-state index >= 15 is 0 Å². The monoisotopic (exact) mass is 160 g/mol. The van der Waals surface area contributed by atoms with Gasteiger partial charge in [-0.1, -0.05) is 24.3 Å². The summed E-state index contributed by atoms with van der Waals surface area (Å²) in [6.07, 6.45) is 6.84. The summed E-state index contributed by atoms with van der Waals surface area (Å²) < 4.78 is 0. The van der Waals surface area contributed by atoms with Gasteiger partial charge in [0.15, 0.2) is 0 Å². The molecule has 1 aromatic rings. The van der Waals surface area contributed by atoms with Crippen molar-refractivity contribution in [3.05, 3.63) is 35.4 Å².